The predicted molar refractivity (Wildman–Crippen MR) is 120 cm³/mol. The van der Waals surface area contributed by atoms with Crippen molar-refractivity contribution in [2.75, 3.05) is 0 Å². The molecule has 0 aliphatic rings. The van der Waals surface area contributed by atoms with Gasteiger partial charge >= 0.3 is 0 Å². The number of aromatic hydroxyl groups is 2. The zero-order chi connectivity index (χ0) is 20.8. The quantitative estimate of drug-likeness (QED) is 0.420. The van der Waals surface area contributed by atoms with Gasteiger partial charge in [0.25, 0.3) is 0 Å². The Kier molecular flexibility index (Phi) is 5.52. The van der Waals surface area contributed by atoms with Crippen molar-refractivity contribution in [3.05, 3.63) is 119 Å². The molecule has 0 aliphatic heterocycles. The second-order valence-electron chi connectivity index (χ2n) is 6.63. The van der Waals surface area contributed by atoms with Crippen molar-refractivity contribution in [2.45, 2.75) is 0 Å². The topological polar surface area (TPSA) is 40.5 Å². The Balaban J connectivity index is 1.85. The van der Waals surface area contributed by atoms with Crippen LogP contribution in [0.5, 0.6) is 11.5 Å². The van der Waals surface area contributed by atoms with E-state index in [1.807, 2.05) is 72.8 Å². The molecule has 2 heteroatoms. The Morgan fingerprint density at radius 3 is 1.20 bits per heavy atom. The molecule has 0 unspecified atom stereocenters. The number of phenols is 2. The van der Waals surface area contributed by atoms with E-state index in [1.54, 1.807) is 24.3 Å². The Hall–Kier alpha value is -4.40. The van der Waals surface area contributed by atoms with Crippen molar-refractivity contribution in [1.29, 1.82) is 0 Å². The molecule has 4 aromatic rings. The first-order valence-corrected chi connectivity index (χ1v) is 9.51. The van der Waals surface area contributed by atoms with Gasteiger partial charge in [-0.3, -0.25) is 0 Å². The van der Waals surface area contributed by atoms with E-state index >= 15 is 0 Å². The fourth-order valence-electron chi connectivity index (χ4n) is 3.10. The maximum absolute atomic E-state index is 10.5. The van der Waals surface area contributed by atoms with Gasteiger partial charge < -0.3 is 10.2 Å². The van der Waals surface area contributed by atoms with Crippen molar-refractivity contribution in [2.24, 2.45) is 0 Å². The molecular weight excluding hydrogens is 368 g/mol. The monoisotopic (exact) mass is 386 g/mol. The van der Waals surface area contributed by atoms with E-state index in [1.165, 1.54) is 0 Å². The van der Waals surface area contributed by atoms with Gasteiger partial charge in [0.2, 0.25) is 0 Å². The zero-order valence-corrected chi connectivity index (χ0v) is 16.1. The number of hydrogen-bond acceptors (Lipinski definition) is 2. The molecule has 4 aromatic carbocycles. The van der Waals surface area contributed by atoms with Crippen LogP contribution in [-0.2, 0) is 0 Å². The molecule has 0 aromatic heterocycles. The average Bonchev–Trinajstić information content (AvgIpc) is 2.78. The van der Waals surface area contributed by atoms with Crippen molar-refractivity contribution >= 4 is 0 Å². The summed E-state index contributed by atoms with van der Waals surface area (Å²) in [6.07, 6.45) is 0. The largest absolute Gasteiger partial charge is 0.507 e. The van der Waals surface area contributed by atoms with Crippen LogP contribution in [0.4, 0.5) is 0 Å². The Bertz CT molecular complexity index is 1190. The van der Waals surface area contributed by atoms with Crippen molar-refractivity contribution in [1.82, 2.24) is 0 Å². The van der Waals surface area contributed by atoms with Gasteiger partial charge in [0, 0.05) is 22.3 Å². The van der Waals surface area contributed by atoms with Crippen molar-refractivity contribution in [3.63, 3.8) is 0 Å². The standard InChI is InChI=1S/C28H18O2/c29-27-15-7-13-23(25(27)19-17-21-9-3-1-4-10-21)24-14-8-16-28(30)26(24)20-18-22-11-5-2-6-12-22/h1-16,29-30H. The van der Waals surface area contributed by atoms with Crippen molar-refractivity contribution < 1.29 is 10.2 Å². The third kappa shape index (κ3) is 4.20. The summed E-state index contributed by atoms with van der Waals surface area (Å²) in [6, 6.07) is 29.7. The minimum atomic E-state index is 0.0845. The van der Waals surface area contributed by atoms with Gasteiger partial charge in [0.15, 0.2) is 0 Å². The third-order valence-electron chi connectivity index (χ3n) is 4.59. The summed E-state index contributed by atoms with van der Waals surface area (Å²) >= 11 is 0. The second kappa shape index (κ2) is 8.74. The van der Waals surface area contributed by atoms with Crippen LogP contribution in [0.2, 0.25) is 0 Å². The molecule has 4 rings (SSSR count). The minimum Gasteiger partial charge on any atom is -0.507 e. The summed E-state index contributed by atoms with van der Waals surface area (Å²) in [4.78, 5) is 0. The van der Waals surface area contributed by atoms with Crippen molar-refractivity contribution in [3.8, 4) is 46.3 Å². The zero-order valence-electron chi connectivity index (χ0n) is 16.1. The second-order valence-corrected chi connectivity index (χ2v) is 6.63. The molecule has 0 radical (unpaired) electrons. The number of rotatable bonds is 1. The van der Waals surface area contributed by atoms with E-state index in [-0.39, 0.29) is 11.5 Å². The molecule has 0 spiro atoms. The SMILES string of the molecule is Oc1cccc(-c2cccc(O)c2C#Cc2ccccc2)c1C#Cc1ccccc1. The molecule has 0 heterocycles. The third-order valence-corrected chi connectivity index (χ3v) is 4.59. The summed E-state index contributed by atoms with van der Waals surface area (Å²) in [7, 11) is 0. The molecule has 0 bridgehead atoms. The lowest BCUT2D eigenvalue weighted by molar-refractivity contribution is 0.472. The number of benzene rings is 4. The van der Waals surface area contributed by atoms with Gasteiger partial charge in [-0.15, -0.1) is 0 Å². The number of hydrogen-bond donors (Lipinski definition) is 2. The summed E-state index contributed by atoms with van der Waals surface area (Å²) in [6.45, 7) is 0. The average molecular weight is 386 g/mol. The van der Waals surface area contributed by atoms with Crippen LogP contribution < -0.4 is 0 Å². The van der Waals surface area contributed by atoms with E-state index in [4.69, 9.17) is 0 Å². The van der Waals surface area contributed by atoms with Gasteiger partial charge in [-0.2, -0.15) is 0 Å². The van der Waals surface area contributed by atoms with Crippen LogP contribution in [0.15, 0.2) is 97.1 Å². The van der Waals surface area contributed by atoms with E-state index in [0.717, 1.165) is 11.1 Å². The van der Waals surface area contributed by atoms with Gasteiger partial charge in [0.1, 0.15) is 11.5 Å². The number of phenolic OH excluding ortho intramolecular Hbond substituents is 2. The van der Waals surface area contributed by atoms with Gasteiger partial charge in [-0.1, -0.05) is 84.3 Å². The summed E-state index contributed by atoms with van der Waals surface area (Å²) in [5.41, 5.74) is 4.13. The minimum absolute atomic E-state index is 0.0845. The smallest absolute Gasteiger partial charge is 0.131 e. The molecule has 0 saturated heterocycles. The molecule has 30 heavy (non-hydrogen) atoms. The maximum Gasteiger partial charge on any atom is 0.131 e. The lowest BCUT2D eigenvalue weighted by atomic mass is 9.94. The highest BCUT2D eigenvalue weighted by Crippen LogP contribution is 2.34. The fourth-order valence-corrected chi connectivity index (χ4v) is 3.10. The fraction of sp³-hybridized carbons (Fsp3) is 0. The Morgan fingerprint density at radius 1 is 0.400 bits per heavy atom. The van der Waals surface area contributed by atoms with Crippen LogP contribution >= 0.6 is 0 Å². The summed E-state index contributed by atoms with van der Waals surface area (Å²) in [5, 5.41) is 21.0. The van der Waals surface area contributed by atoms with E-state index in [9.17, 15) is 10.2 Å². The van der Waals surface area contributed by atoms with Gasteiger partial charge in [-0.05, 0) is 36.4 Å². The molecule has 2 N–H and O–H groups in total. The Morgan fingerprint density at radius 2 is 0.800 bits per heavy atom. The van der Waals surface area contributed by atoms with Crippen LogP contribution in [-0.4, -0.2) is 10.2 Å². The van der Waals surface area contributed by atoms with E-state index in [2.05, 4.69) is 23.7 Å². The maximum atomic E-state index is 10.5. The molecule has 142 valence electrons. The molecule has 0 amide bonds. The highest BCUT2D eigenvalue weighted by molar-refractivity contribution is 5.81. The van der Waals surface area contributed by atoms with Gasteiger partial charge in [0.05, 0.1) is 11.1 Å². The molecule has 0 aliphatic carbocycles. The molecule has 0 atom stereocenters. The first-order valence-electron chi connectivity index (χ1n) is 9.51. The lowest BCUT2D eigenvalue weighted by Crippen LogP contribution is -1.90. The lowest BCUT2D eigenvalue weighted by Gasteiger charge is -2.10. The first-order chi connectivity index (χ1) is 14.7. The molecule has 2 nitrogen and oxygen atoms in total. The normalized spacial score (nSPS) is 9.73. The molecule has 0 saturated carbocycles. The van der Waals surface area contributed by atoms with E-state index < -0.39 is 0 Å². The predicted octanol–water partition coefficient (Wildman–Crippen LogP) is 5.56. The van der Waals surface area contributed by atoms with Crippen LogP contribution in [0.1, 0.15) is 22.3 Å². The Labute approximate surface area is 176 Å². The molecular formula is C28H18O2. The van der Waals surface area contributed by atoms with Crippen LogP contribution in [0.25, 0.3) is 11.1 Å². The summed E-state index contributed by atoms with van der Waals surface area (Å²) in [5.74, 6) is 12.5. The van der Waals surface area contributed by atoms with Crippen LogP contribution in [0.3, 0.4) is 0 Å². The van der Waals surface area contributed by atoms with Crippen LogP contribution in [0, 0.1) is 23.7 Å². The van der Waals surface area contributed by atoms with E-state index in [0.29, 0.717) is 22.3 Å². The summed E-state index contributed by atoms with van der Waals surface area (Å²) < 4.78 is 0. The van der Waals surface area contributed by atoms with Gasteiger partial charge in [-0.25, -0.2) is 0 Å². The highest BCUT2D eigenvalue weighted by Gasteiger charge is 2.13. The highest BCUT2D eigenvalue weighted by atomic mass is 16.3. The first kappa shape index (κ1) is 18.9. The molecule has 0 fully saturated rings.